The molecule has 0 fully saturated rings. The van der Waals surface area contributed by atoms with Gasteiger partial charge in [0.05, 0.1) is 13.2 Å². The molecule has 126 valence electrons. The fourth-order valence-corrected chi connectivity index (χ4v) is 3.52. The zero-order valence-corrected chi connectivity index (χ0v) is 14.6. The van der Waals surface area contributed by atoms with Crippen LogP contribution < -0.4 is 15.0 Å². The Kier molecular flexibility index (Phi) is 4.47. The summed E-state index contributed by atoms with van der Waals surface area (Å²) in [6.45, 7) is 5.94. The van der Waals surface area contributed by atoms with Crippen LogP contribution >= 0.6 is 0 Å². The lowest BCUT2D eigenvalue weighted by molar-refractivity contribution is -0.117. The van der Waals surface area contributed by atoms with Crippen molar-refractivity contribution < 1.29 is 9.53 Å². The minimum absolute atomic E-state index is 0.0877. The van der Waals surface area contributed by atoms with Gasteiger partial charge in [0.2, 0.25) is 5.91 Å². The first kappa shape index (κ1) is 16.4. The van der Waals surface area contributed by atoms with E-state index in [9.17, 15) is 4.79 Å². The molecule has 2 aromatic rings. The molecule has 0 bridgehead atoms. The number of hydrogen-bond acceptors (Lipinski definition) is 3. The van der Waals surface area contributed by atoms with Crippen LogP contribution in [-0.4, -0.2) is 19.1 Å². The van der Waals surface area contributed by atoms with Gasteiger partial charge in [0.25, 0.3) is 0 Å². The normalized spacial score (nSPS) is 22.7. The molecule has 3 rings (SSSR count). The second-order valence-electron chi connectivity index (χ2n) is 6.40. The summed E-state index contributed by atoms with van der Waals surface area (Å²) in [5.41, 5.74) is 3.21. The second-order valence-corrected chi connectivity index (χ2v) is 6.40. The summed E-state index contributed by atoms with van der Waals surface area (Å²) in [5.74, 6) is 1.21. The first-order valence-electron chi connectivity index (χ1n) is 8.32. The molecule has 1 aliphatic heterocycles. The van der Waals surface area contributed by atoms with Crippen LogP contribution in [0.4, 0.5) is 11.4 Å². The Bertz CT molecular complexity index is 727. The van der Waals surface area contributed by atoms with Crippen molar-refractivity contribution in [2.24, 2.45) is 5.92 Å². The lowest BCUT2D eigenvalue weighted by atomic mass is 9.82. The number of methoxy groups -OCH3 is 1. The summed E-state index contributed by atoms with van der Waals surface area (Å²) in [6, 6.07) is 16.4. The number of nitrogens with one attached hydrogen (secondary N) is 1. The summed E-state index contributed by atoms with van der Waals surface area (Å²) in [4.78, 5) is 14.1. The molecule has 0 spiro atoms. The Balaban J connectivity index is 1.97. The fourth-order valence-electron chi connectivity index (χ4n) is 3.52. The average molecular weight is 324 g/mol. The molecule has 1 N–H and O–H groups in total. The molecule has 3 atom stereocenters. The molecule has 0 saturated heterocycles. The smallest absolute Gasteiger partial charge is 0.224 e. The molecule has 4 nitrogen and oxygen atoms in total. The van der Waals surface area contributed by atoms with Gasteiger partial charge < -0.3 is 15.0 Å². The van der Waals surface area contributed by atoms with Crippen molar-refractivity contribution in [1.82, 2.24) is 0 Å². The van der Waals surface area contributed by atoms with E-state index in [0.29, 0.717) is 0 Å². The van der Waals surface area contributed by atoms with E-state index in [1.54, 1.807) is 14.0 Å². The van der Waals surface area contributed by atoms with Crippen LogP contribution in [0.3, 0.4) is 0 Å². The maximum atomic E-state index is 12.1. The molecular weight excluding hydrogens is 300 g/mol. The molecule has 1 aliphatic rings. The lowest BCUT2D eigenvalue weighted by Crippen LogP contribution is -2.48. The summed E-state index contributed by atoms with van der Waals surface area (Å²) >= 11 is 0. The standard InChI is InChI=1S/C20H24N2O2/c1-13-14(2)22(15(3)23)19-8-6-5-7-18(19)20(13)21-16-9-11-17(24-4)12-10-16/h5-14,20-21H,1-4H3. The van der Waals surface area contributed by atoms with Crippen LogP contribution in [0.15, 0.2) is 48.5 Å². The van der Waals surface area contributed by atoms with Crippen LogP contribution in [0.2, 0.25) is 0 Å². The molecule has 2 aromatic carbocycles. The quantitative estimate of drug-likeness (QED) is 0.918. The molecule has 24 heavy (non-hydrogen) atoms. The molecule has 0 aromatic heterocycles. The number of fused-ring (bicyclic) bond motifs is 1. The number of ether oxygens (including phenoxy) is 1. The van der Waals surface area contributed by atoms with Gasteiger partial charge in [-0.15, -0.1) is 0 Å². The van der Waals surface area contributed by atoms with Crippen molar-refractivity contribution in [1.29, 1.82) is 0 Å². The highest BCUT2D eigenvalue weighted by atomic mass is 16.5. The number of hydrogen-bond donors (Lipinski definition) is 1. The molecular formula is C20H24N2O2. The number of benzene rings is 2. The summed E-state index contributed by atoms with van der Waals surface area (Å²) in [5, 5.41) is 3.63. The van der Waals surface area contributed by atoms with Crippen LogP contribution in [-0.2, 0) is 4.79 Å². The number of carbonyl (C=O) groups is 1. The number of carbonyl (C=O) groups excluding carboxylic acids is 1. The van der Waals surface area contributed by atoms with Crippen molar-refractivity contribution >= 4 is 17.3 Å². The molecule has 0 radical (unpaired) electrons. The van der Waals surface area contributed by atoms with Gasteiger partial charge in [-0.2, -0.15) is 0 Å². The van der Waals surface area contributed by atoms with E-state index in [1.807, 2.05) is 47.4 Å². The van der Waals surface area contributed by atoms with Crippen LogP contribution in [0.1, 0.15) is 32.4 Å². The Morgan fingerprint density at radius 3 is 2.38 bits per heavy atom. The van der Waals surface area contributed by atoms with Gasteiger partial charge in [-0.05, 0) is 42.8 Å². The van der Waals surface area contributed by atoms with E-state index < -0.39 is 0 Å². The Morgan fingerprint density at radius 2 is 1.75 bits per heavy atom. The molecule has 1 amide bonds. The predicted octanol–water partition coefficient (Wildman–Crippen LogP) is 4.24. The average Bonchev–Trinajstić information content (AvgIpc) is 2.59. The largest absolute Gasteiger partial charge is 0.497 e. The van der Waals surface area contributed by atoms with E-state index in [2.05, 4.69) is 25.2 Å². The number of anilines is 2. The second kappa shape index (κ2) is 6.56. The molecule has 3 unspecified atom stereocenters. The molecule has 4 heteroatoms. The summed E-state index contributed by atoms with van der Waals surface area (Å²) in [6.07, 6.45) is 0. The molecule has 0 aliphatic carbocycles. The van der Waals surface area contributed by atoms with E-state index >= 15 is 0 Å². The van der Waals surface area contributed by atoms with E-state index in [4.69, 9.17) is 4.74 Å². The van der Waals surface area contributed by atoms with Gasteiger partial charge >= 0.3 is 0 Å². The van der Waals surface area contributed by atoms with E-state index in [-0.39, 0.29) is 23.9 Å². The summed E-state index contributed by atoms with van der Waals surface area (Å²) in [7, 11) is 1.67. The van der Waals surface area contributed by atoms with Crippen LogP contribution in [0.25, 0.3) is 0 Å². The number of rotatable bonds is 3. The minimum Gasteiger partial charge on any atom is -0.497 e. The molecule has 0 saturated carbocycles. The third-order valence-corrected chi connectivity index (χ3v) is 4.98. The van der Waals surface area contributed by atoms with Gasteiger partial charge in [-0.3, -0.25) is 4.79 Å². The topological polar surface area (TPSA) is 41.6 Å². The Morgan fingerprint density at radius 1 is 1.08 bits per heavy atom. The third kappa shape index (κ3) is 2.84. The van der Waals surface area contributed by atoms with Gasteiger partial charge in [-0.1, -0.05) is 25.1 Å². The summed E-state index contributed by atoms with van der Waals surface area (Å²) < 4.78 is 5.22. The van der Waals surface area contributed by atoms with Gasteiger partial charge in [0.15, 0.2) is 0 Å². The van der Waals surface area contributed by atoms with Crippen molar-refractivity contribution in [3.63, 3.8) is 0 Å². The van der Waals surface area contributed by atoms with Gasteiger partial charge in [-0.25, -0.2) is 0 Å². The monoisotopic (exact) mass is 324 g/mol. The lowest BCUT2D eigenvalue weighted by Gasteiger charge is -2.44. The number of para-hydroxylation sites is 1. The van der Waals surface area contributed by atoms with Gasteiger partial charge in [0, 0.05) is 30.3 Å². The molecule has 1 heterocycles. The van der Waals surface area contributed by atoms with E-state index in [1.165, 1.54) is 0 Å². The first-order valence-corrected chi connectivity index (χ1v) is 8.32. The zero-order chi connectivity index (χ0) is 17.3. The Hall–Kier alpha value is -2.49. The maximum Gasteiger partial charge on any atom is 0.224 e. The van der Waals surface area contributed by atoms with Crippen LogP contribution in [0, 0.1) is 5.92 Å². The van der Waals surface area contributed by atoms with Gasteiger partial charge in [0.1, 0.15) is 5.75 Å². The Labute approximate surface area is 143 Å². The fraction of sp³-hybridized carbons (Fsp3) is 0.350. The van der Waals surface area contributed by atoms with Crippen molar-refractivity contribution in [2.45, 2.75) is 32.9 Å². The predicted molar refractivity (Wildman–Crippen MR) is 97.6 cm³/mol. The number of amides is 1. The SMILES string of the molecule is COc1ccc(NC2c3ccccc3N(C(C)=O)C(C)C2C)cc1. The third-order valence-electron chi connectivity index (χ3n) is 4.98. The highest BCUT2D eigenvalue weighted by molar-refractivity contribution is 5.93. The number of nitrogens with zero attached hydrogens (tertiary/aromatic N) is 1. The van der Waals surface area contributed by atoms with E-state index in [0.717, 1.165) is 22.7 Å². The van der Waals surface area contributed by atoms with Crippen molar-refractivity contribution in [2.75, 3.05) is 17.3 Å². The van der Waals surface area contributed by atoms with Crippen LogP contribution in [0.5, 0.6) is 5.75 Å². The van der Waals surface area contributed by atoms with Crippen molar-refractivity contribution in [3.05, 3.63) is 54.1 Å². The highest BCUT2D eigenvalue weighted by Crippen LogP contribution is 2.42. The minimum atomic E-state index is 0.0877. The highest BCUT2D eigenvalue weighted by Gasteiger charge is 2.37. The zero-order valence-electron chi connectivity index (χ0n) is 14.6. The van der Waals surface area contributed by atoms with Crippen molar-refractivity contribution in [3.8, 4) is 5.75 Å². The first-order chi connectivity index (χ1) is 11.5. The maximum absolute atomic E-state index is 12.1.